The molecule has 1 aromatic rings. The number of carbonyl (C=O) groups excluding carboxylic acids is 1. The van der Waals surface area contributed by atoms with E-state index in [1.807, 2.05) is 12.1 Å². The Kier molecular flexibility index (Phi) is 5.36. The zero-order valence-corrected chi connectivity index (χ0v) is 19.2. The van der Waals surface area contributed by atoms with Crippen molar-refractivity contribution in [1.29, 1.82) is 0 Å². The van der Waals surface area contributed by atoms with Crippen molar-refractivity contribution in [3.8, 4) is 11.5 Å². The number of rotatable bonds is 3. The second-order valence-corrected chi connectivity index (χ2v) is 11.2. The molecule has 0 amide bonds. The molecular weight excluding hydrogens is 348 g/mol. The number of hydrogen-bond donors (Lipinski definition) is 0. The molecule has 1 aromatic carbocycles. The Morgan fingerprint density at radius 3 is 2.11 bits per heavy atom. The molecule has 2 saturated carbocycles. The lowest BCUT2D eigenvalue weighted by molar-refractivity contribution is -0.131. The molecule has 0 N–H and O–H groups in total. The van der Waals surface area contributed by atoms with E-state index < -0.39 is 0 Å². The van der Waals surface area contributed by atoms with E-state index in [2.05, 4.69) is 48.5 Å². The summed E-state index contributed by atoms with van der Waals surface area (Å²) >= 11 is 0. The van der Waals surface area contributed by atoms with Crippen molar-refractivity contribution in [2.75, 3.05) is 7.11 Å². The van der Waals surface area contributed by atoms with E-state index in [1.54, 1.807) is 7.11 Å². The Bertz CT molecular complexity index is 750. The van der Waals surface area contributed by atoms with Gasteiger partial charge in [-0.25, -0.2) is 0 Å². The summed E-state index contributed by atoms with van der Waals surface area (Å²) in [6.07, 6.45) is 2.56. The van der Waals surface area contributed by atoms with Crippen LogP contribution in [0.2, 0.25) is 0 Å². The first kappa shape index (κ1) is 21.2. The highest BCUT2D eigenvalue weighted by molar-refractivity contribution is 5.70. The topological polar surface area (TPSA) is 35.5 Å². The van der Waals surface area contributed by atoms with Crippen LogP contribution in [0.3, 0.4) is 0 Å². The van der Waals surface area contributed by atoms with Crippen molar-refractivity contribution in [3.05, 3.63) is 23.3 Å². The summed E-state index contributed by atoms with van der Waals surface area (Å²) in [6.45, 7) is 18.1. The highest BCUT2D eigenvalue weighted by Crippen LogP contribution is 2.67. The van der Waals surface area contributed by atoms with Crippen molar-refractivity contribution >= 4 is 5.97 Å². The first-order valence-electron chi connectivity index (χ1n) is 10.7. The van der Waals surface area contributed by atoms with Crippen molar-refractivity contribution in [2.24, 2.45) is 34.5 Å². The number of aryl methyl sites for hydroxylation is 1. The third-order valence-electron chi connectivity index (χ3n) is 7.18. The van der Waals surface area contributed by atoms with E-state index in [4.69, 9.17) is 9.47 Å². The Hall–Kier alpha value is -1.51. The maximum absolute atomic E-state index is 11.4. The summed E-state index contributed by atoms with van der Waals surface area (Å²) in [7, 11) is 1.72. The van der Waals surface area contributed by atoms with Gasteiger partial charge >= 0.3 is 5.97 Å². The average Bonchev–Trinajstić information content (AvgIpc) is 3.10. The smallest absolute Gasteiger partial charge is 0.308 e. The van der Waals surface area contributed by atoms with Gasteiger partial charge in [-0.3, -0.25) is 4.79 Å². The van der Waals surface area contributed by atoms with Crippen LogP contribution in [0.15, 0.2) is 12.1 Å². The summed E-state index contributed by atoms with van der Waals surface area (Å²) in [5, 5.41) is 0. The number of methoxy groups -OCH3 is 1. The van der Waals surface area contributed by atoms with Gasteiger partial charge < -0.3 is 9.47 Å². The van der Waals surface area contributed by atoms with Crippen molar-refractivity contribution in [1.82, 2.24) is 0 Å². The molecule has 28 heavy (non-hydrogen) atoms. The van der Waals surface area contributed by atoms with Crippen molar-refractivity contribution < 1.29 is 14.3 Å². The van der Waals surface area contributed by atoms with Crippen LogP contribution in [-0.2, 0) is 4.79 Å². The summed E-state index contributed by atoms with van der Waals surface area (Å²) < 4.78 is 11.1. The van der Waals surface area contributed by atoms with E-state index >= 15 is 0 Å². The fourth-order valence-corrected chi connectivity index (χ4v) is 6.72. The SMILES string of the molecule is COc1cc(OC(C)=O)cc(C)c1C1CC2CC1C(C(C)(C)C)C2C(C)(C)C. The van der Waals surface area contributed by atoms with E-state index in [0.717, 1.165) is 17.6 Å². The third-order valence-corrected chi connectivity index (χ3v) is 7.18. The van der Waals surface area contributed by atoms with Crippen LogP contribution in [0.1, 0.15) is 78.4 Å². The highest BCUT2D eigenvalue weighted by atomic mass is 16.5. The lowest BCUT2D eigenvalue weighted by Crippen LogP contribution is -2.42. The maximum Gasteiger partial charge on any atom is 0.308 e. The van der Waals surface area contributed by atoms with E-state index in [9.17, 15) is 4.79 Å². The van der Waals surface area contributed by atoms with Gasteiger partial charge in [0.25, 0.3) is 0 Å². The Morgan fingerprint density at radius 2 is 1.61 bits per heavy atom. The van der Waals surface area contributed by atoms with Crippen molar-refractivity contribution in [3.63, 3.8) is 0 Å². The molecule has 0 aromatic heterocycles. The Balaban J connectivity index is 2.02. The zero-order valence-electron chi connectivity index (χ0n) is 19.2. The number of carbonyl (C=O) groups is 1. The maximum atomic E-state index is 11.4. The molecule has 2 aliphatic rings. The monoisotopic (exact) mass is 386 g/mol. The minimum absolute atomic E-state index is 0.287. The Labute approximate surface area is 171 Å². The van der Waals surface area contributed by atoms with Gasteiger partial charge in [-0.1, -0.05) is 41.5 Å². The fraction of sp³-hybridized carbons (Fsp3) is 0.720. The fourth-order valence-electron chi connectivity index (χ4n) is 6.72. The molecule has 0 aliphatic heterocycles. The van der Waals surface area contributed by atoms with Gasteiger partial charge in [-0.05, 0) is 71.8 Å². The van der Waals surface area contributed by atoms with Gasteiger partial charge in [0, 0.05) is 18.6 Å². The normalized spacial score (nSPS) is 29.8. The molecule has 0 heterocycles. The summed E-state index contributed by atoms with van der Waals surface area (Å²) in [4.78, 5) is 11.4. The number of fused-ring (bicyclic) bond motifs is 2. The van der Waals surface area contributed by atoms with Crippen LogP contribution in [0, 0.1) is 41.4 Å². The van der Waals surface area contributed by atoms with Crippen LogP contribution in [0.25, 0.3) is 0 Å². The minimum Gasteiger partial charge on any atom is -0.496 e. The first-order chi connectivity index (χ1) is 12.8. The van der Waals surface area contributed by atoms with Crippen LogP contribution >= 0.6 is 0 Å². The lowest BCUT2D eigenvalue weighted by atomic mass is 9.56. The molecule has 2 fully saturated rings. The van der Waals surface area contributed by atoms with Crippen molar-refractivity contribution in [2.45, 2.75) is 74.1 Å². The highest BCUT2D eigenvalue weighted by Gasteiger charge is 2.59. The third kappa shape index (κ3) is 3.69. The standard InChI is InChI=1S/C25H38O3/c1-14-10-17(28-15(2)26)13-20(27-9)21(14)18-11-16-12-19(18)23(25(6,7)8)22(16)24(3,4)5/h10,13,16,18-19,22-23H,11-12H2,1-9H3. The molecule has 2 aliphatic carbocycles. The van der Waals surface area contributed by atoms with E-state index in [1.165, 1.54) is 30.9 Å². The largest absolute Gasteiger partial charge is 0.496 e. The van der Waals surface area contributed by atoms with Gasteiger partial charge in [0.15, 0.2) is 0 Å². The predicted molar refractivity (Wildman–Crippen MR) is 114 cm³/mol. The molecule has 5 unspecified atom stereocenters. The molecule has 3 nitrogen and oxygen atoms in total. The van der Waals surface area contributed by atoms with Crippen LogP contribution in [0.5, 0.6) is 11.5 Å². The molecule has 5 atom stereocenters. The molecular formula is C25H38O3. The average molecular weight is 387 g/mol. The first-order valence-corrected chi connectivity index (χ1v) is 10.7. The molecule has 0 spiro atoms. The summed E-state index contributed by atoms with van der Waals surface area (Å²) in [6, 6.07) is 3.89. The molecule has 156 valence electrons. The molecule has 0 radical (unpaired) electrons. The number of ether oxygens (including phenoxy) is 2. The number of hydrogen-bond acceptors (Lipinski definition) is 3. The van der Waals surface area contributed by atoms with Crippen LogP contribution < -0.4 is 9.47 Å². The number of esters is 1. The molecule has 0 saturated heterocycles. The molecule has 3 heteroatoms. The van der Waals surface area contributed by atoms with Crippen LogP contribution in [0.4, 0.5) is 0 Å². The summed E-state index contributed by atoms with van der Waals surface area (Å²) in [5.41, 5.74) is 3.12. The van der Waals surface area contributed by atoms with Crippen LogP contribution in [-0.4, -0.2) is 13.1 Å². The second kappa shape index (κ2) is 7.07. The quantitative estimate of drug-likeness (QED) is 0.447. The minimum atomic E-state index is -0.296. The predicted octanol–water partition coefficient (Wildman–Crippen LogP) is 6.38. The summed E-state index contributed by atoms with van der Waals surface area (Å²) in [5.74, 6) is 4.60. The van der Waals surface area contributed by atoms with Gasteiger partial charge in [0.2, 0.25) is 0 Å². The van der Waals surface area contributed by atoms with E-state index in [0.29, 0.717) is 28.9 Å². The second-order valence-electron chi connectivity index (χ2n) is 11.2. The van der Waals surface area contributed by atoms with Gasteiger partial charge in [-0.15, -0.1) is 0 Å². The van der Waals surface area contributed by atoms with Gasteiger partial charge in [0.1, 0.15) is 11.5 Å². The van der Waals surface area contributed by atoms with Gasteiger partial charge in [0.05, 0.1) is 7.11 Å². The van der Waals surface area contributed by atoms with E-state index in [-0.39, 0.29) is 11.4 Å². The van der Waals surface area contributed by atoms with Gasteiger partial charge in [-0.2, -0.15) is 0 Å². The zero-order chi connectivity index (χ0) is 21.0. The Morgan fingerprint density at radius 1 is 1.00 bits per heavy atom. The number of benzene rings is 1. The molecule has 2 bridgehead atoms. The molecule has 3 rings (SSSR count). The lowest BCUT2D eigenvalue weighted by Gasteiger charge is -2.49.